The first-order valence-corrected chi connectivity index (χ1v) is 9.30. The van der Waals surface area contributed by atoms with Gasteiger partial charge in [-0.3, -0.25) is 9.80 Å². The summed E-state index contributed by atoms with van der Waals surface area (Å²) in [4.78, 5) is 4.45. The Morgan fingerprint density at radius 2 is 1.25 bits per heavy atom. The standard InChI is InChI=1S/C18H36N2O4/c1-17(2)14-4-5-18(17,3)16(20(8-12-23)9-13-24)15(14)19(6-10-21)7-11-22/h14-16,21-24H,4-13H2,1-3H3. The molecule has 4 unspecified atom stereocenters. The first kappa shape index (κ1) is 20.1. The van der Waals surface area contributed by atoms with Gasteiger partial charge in [-0.2, -0.15) is 0 Å². The number of nitrogens with zero attached hydrogens (tertiary/aromatic N) is 2. The van der Waals surface area contributed by atoms with Gasteiger partial charge in [-0.05, 0) is 29.6 Å². The van der Waals surface area contributed by atoms with Gasteiger partial charge in [0.05, 0.1) is 26.4 Å². The van der Waals surface area contributed by atoms with Gasteiger partial charge in [-0.25, -0.2) is 0 Å². The van der Waals surface area contributed by atoms with E-state index in [1.807, 2.05) is 0 Å². The van der Waals surface area contributed by atoms with Gasteiger partial charge in [-0.1, -0.05) is 20.8 Å². The van der Waals surface area contributed by atoms with E-state index in [1.54, 1.807) is 0 Å². The van der Waals surface area contributed by atoms with Gasteiger partial charge in [-0.15, -0.1) is 0 Å². The van der Waals surface area contributed by atoms with Crippen LogP contribution in [0.3, 0.4) is 0 Å². The topological polar surface area (TPSA) is 87.4 Å². The Morgan fingerprint density at radius 1 is 0.792 bits per heavy atom. The maximum atomic E-state index is 9.52. The van der Waals surface area contributed by atoms with Crippen molar-refractivity contribution in [2.24, 2.45) is 16.7 Å². The van der Waals surface area contributed by atoms with Crippen LogP contribution in [-0.2, 0) is 0 Å². The van der Waals surface area contributed by atoms with Crippen LogP contribution in [0.25, 0.3) is 0 Å². The number of aliphatic hydroxyl groups is 4. The van der Waals surface area contributed by atoms with Gasteiger partial charge >= 0.3 is 0 Å². The van der Waals surface area contributed by atoms with Crippen LogP contribution in [0.4, 0.5) is 0 Å². The summed E-state index contributed by atoms with van der Waals surface area (Å²) >= 11 is 0. The summed E-state index contributed by atoms with van der Waals surface area (Å²) in [6.07, 6.45) is 2.30. The molecule has 24 heavy (non-hydrogen) atoms. The average molecular weight is 344 g/mol. The molecule has 0 aromatic carbocycles. The smallest absolute Gasteiger partial charge is 0.0558 e. The molecule has 2 aliphatic carbocycles. The summed E-state index contributed by atoms with van der Waals surface area (Å²) in [6.45, 7) is 9.52. The van der Waals surface area contributed by atoms with Crippen LogP contribution in [-0.4, -0.2) is 94.9 Å². The third kappa shape index (κ3) is 3.13. The number of hydrogen-bond acceptors (Lipinski definition) is 6. The van der Waals surface area contributed by atoms with Crippen LogP contribution >= 0.6 is 0 Å². The van der Waals surface area contributed by atoms with Crippen molar-refractivity contribution in [1.82, 2.24) is 9.80 Å². The normalized spacial score (nSPS) is 34.6. The molecule has 6 nitrogen and oxygen atoms in total. The van der Waals surface area contributed by atoms with E-state index in [1.165, 1.54) is 0 Å². The fourth-order valence-electron chi connectivity index (χ4n) is 5.67. The second kappa shape index (κ2) is 7.98. The van der Waals surface area contributed by atoms with Gasteiger partial charge in [0.25, 0.3) is 0 Å². The van der Waals surface area contributed by atoms with Crippen molar-refractivity contribution in [3.8, 4) is 0 Å². The molecule has 0 aliphatic heterocycles. The quantitative estimate of drug-likeness (QED) is 0.437. The molecule has 4 N–H and O–H groups in total. The Labute approximate surface area is 146 Å². The summed E-state index contributed by atoms with van der Waals surface area (Å²) in [5, 5.41) is 38.1. The number of aliphatic hydroxyl groups excluding tert-OH is 4. The molecular weight excluding hydrogens is 308 g/mol. The molecule has 4 atom stereocenters. The summed E-state index contributed by atoms with van der Waals surface area (Å²) < 4.78 is 0. The Kier molecular flexibility index (Phi) is 6.67. The summed E-state index contributed by atoms with van der Waals surface area (Å²) in [5.41, 5.74) is 0.241. The molecule has 0 spiro atoms. The Hall–Kier alpha value is -0.240. The summed E-state index contributed by atoms with van der Waals surface area (Å²) in [5.74, 6) is 0.491. The zero-order valence-electron chi connectivity index (χ0n) is 15.5. The van der Waals surface area contributed by atoms with Gasteiger partial charge in [0.15, 0.2) is 0 Å². The molecule has 142 valence electrons. The zero-order valence-corrected chi connectivity index (χ0v) is 15.5. The first-order chi connectivity index (χ1) is 11.4. The highest BCUT2D eigenvalue weighted by atomic mass is 16.3. The molecule has 2 aliphatic rings. The van der Waals surface area contributed by atoms with E-state index in [0.717, 1.165) is 12.8 Å². The lowest BCUT2D eigenvalue weighted by Crippen LogP contribution is -2.59. The van der Waals surface area contributed by atoms with Crippen LogP contribution in [0.5, 0.6) is 0 Å². The van der Waals surface area contributed by atoms with Crippen molar-refractivity contribution in [3.63, 3.8) is 0 Å². The maximum Gasteiger partial charge on any atom is 0.0558 e. The average Bonchev–Trinajstić information content (AvgIpc) is 2.85. The fraction of sp³-hybridized carbons (Fsp3) is 1.00. The molecule has 0 aromatic rings. The SMILES string of the molecule is CC1(C)C2CCC1(C)C(N(CCO)CCO)C2N(CCO)CCO. The molecule has 0 aromatic heterocycles. The predicted octanol–water partition coefficient (Wildman–Crippen LogP) is -0.247. The van der Waals surface area contributed by atoms with E-state index in [2.05, 4.69) is 30.6 Å². The van der Waals surface area contributed by atoms with Crippen LogP contribution in [0.15, 0.2) is 0 Å². The molecule has 0 heterocycles. The van der Waals surface area contributed by atoms with E-state index in [0.29, 0.717) is 32.1 Å². The van der Waals surface area contributed by atoms with Crippen LogP contribution in [0, 0.1) is 16.7 Å². The summed E-state index contributed by atoms with van der Waals surface area (Å²) in [7, 11) is 0. The van der Waals surface area contributed by atoms with Crippen LogP contribution < -0.4 is 0 Å². The van der Waals surface area contributed by atoms with E-state index < -0.39 is 0 Å². The third-order valence-electron chi connectivity index (χ3n) is 7.13. The van der Waals surface area contributed by atoms with E-state index >= 15 is 0 Å². The first-order valence-electron chi connectivity index (χ1n) is 9.30. The minimum Gasteiger partial charge on any atom is -0.395 e. The molecule has 2 rings (SSSR count). The number of rotatable bonds is 10. The second-order valence-corrected chi connectivity index (χ2v) is 8.19. The van der Waals surface area contributed by atoms with Gasteiger partial charge in [0, 0.05) is 38.3 Å². The van der Waals surface area contributed by atoms with Crippen molar-refractivity contribution in [1.29, 1.82) is 0 Å². The van der Waals surface area contributed by atoms with Crippen molar-refractivity contribution in [3.05, 3.63) is 0 Å². The maximum absolute atomic E-state index is 9.52. The molecule has 2 saturated carbocycles. The lowest BCUT2D eigenvalue weighted by atomic mass is 9.68. The monoisotopic (exact) mass is 344 g/mol. The highest BCUT2D eigenvalue weighted by Gasteiger charge is 2.68. The zero-order chi connectivity index (χ0) is 18.0. The molecule has 0 radical (unpaired) electrons. The minimum atomic E-state index is 0.0738. The van der Waals surface area contributed by atoms with Crippen molar-refractivity contribution in [2.45, 2.75) is 45.7 Å². The lowest BCUT2D eigenvalue weighted by Gasteiger charge is -2.48. The summed E-state index contributed by atoms with van der Waals surface area (Å²) in [6, 6.07) is 0.444. The van der Waals surface area contributed by atoms with Crippen LogP contribution in [0.2, 0.25) is 0 Å². The highest BCUT2D eigenvalue weighted by molar-refractivity contribution is 5.20. The molecular formula is C18H36N2O4. The molecule has 0 saturated heterocycles. The lowest BCUT2D eigenvalue weighted by molar-refractivity contribution is -0.0179. The van der Waals surface area contributed by atoms with E-state index in [4.69, 9.17) is 0 Å². The molecule has 2 fully saturated rings. The Bertz CT molecular complexity index is 394. The van der Waals surface area contributed by atoms with Gasteiger partial charge in [0.2, 0.25) is 0 Å². The molecule has 2 bridgehead atoms. The largest absolute Gasteiger partial charge is 0.395 e. The highest BCUT2D eigenvalue weighted by Crippen LogP contribution is 2.67. The van der Waals surface area contributed by atoms with E-state index in [9.17, 15) is 20.4 Å². The Morgan fingerprint density at radius 3 is 1.71 bits per heavy atom. The Balaban J connectivity index is 2.40. The van der Waals surface area contributed by atoms with Crippen molar-refractivity contribution in [2.75, 3.05) is 52.6 Å². The van der Waals surface area contributed by atoms with Gasteiger partial charge < -0.3 is 20.4 Å². The van der Waals surface area contributed by atoms with Crippen molar-refractivity contribution < 1.29 is 20.4 Å². The van der Waals surface area contributed by atoms with Crippen molar-refractivity contribution >= 4 is 0 Å². The predicted molar refractivity (Wildman–Crippen MR) is 93.7 cm³/mol. The van der Waals surface area contributed by atoms with Crippen LogP contribution in [0.1, 0.15) is 33.6 Å². The second-order valence-electron chi connectivity index (χ2n) is 8.19. The minimum absolute atomic E-state index is 0.0738. The number of hydrogen-bond donors (Lipinski definition) is 4. The van der Waals surface area contributed by atoms with Gasteiger partial charge in [0.1, 0.15) is 0 Å². The molecule has 0 amide bonds. The molecule has 6 heteroatoms. The fourth-order valence-corrected chi connectivity index (χ4v) is 5.67. The van der Waals surface area contributed by atoms with E-state index in [-0.39, 0.29) is 49.3 Å². The number of fused-ring (bicyclic) bond motifs is 2. The third-order valence-corrected chi connectivity index (χ3v) is 7.13.